The Morgan fingerprint density at radius 1 is 1.33 bits per heavy atom. The van der Waals surface area contributed by atoms with Crippen LogP contribution >= 0.6 is 0 Å². The molecule has 7 heteroatoms. The van der Waals surface area contributed by atoms with Gasteiger partial charge in [-0.05, 0) is 12.1 Å². The van der Waals surface area contributed by atoms with E-state index in [9.17, 15) is 18.7 Å². The third-order valence-electron chi connectivity index (χ3n) is 2.80. The first-order chi connectivity index (χ1) is 9.88. The zero-order chi connectivity index (χ0) is 15.6. The highest BCUT2D eigenvalue weighted by atomic mass is 19.1. The van der Waals surface area contributed by atoms with Gasteiger partial charge in [0.25, 0.3) is 5.56 Å². The lowest BCUT2D eigenvalue weighted by Gasteiger charge is -2.11. The van der Waals surface area contributed by atoms with E-state index >= 15 is 0 Å². The minimum Gasteiger partial charge on any atom is -0.506 e. The number of hydrogen-bond donors (Lipinski definition) is 2. The Morgan fingerprint density at radius 3 is 2.67 bits per heavy atom. The molecular weight excluding hydrogens is 280 g/mol. The first kappa shape index (κ1) is 15.1. The lowest BCUT2D eigenvalue weighted by atomic mass is 10.3. The van der Waals surface area contributed by atoms with Crippen molar-refractivity contribution in [3.63, 3.8) is 0 Å². The lowest BCUT2D eigenvalue weighted by Crippen LogP contribution is -2.27. The van der Waals surface area contributed by atoms with Gasteiger partial charge in [-0.1, -0.05) is 13.8 Å². The molecule has 0 unspecified atom stereocenters. The Hall–Kier alpha value is -2.28. The Labute approximate surface area is 119 Å². The fraction of sp³-hybridized carbons (Fsp3) is 0.286. The monoisotopic (exact) mass is 295 g/mol. The second kappa shape index (κ2) is 6.01. The average Bonchev–Trinajstić information content (AvgIpc) is 2.38. The number of rotatable bonds is 4. The van der Waals surface area contributed by atoms with Crippen LogP contribution in [0, 0.1) is 11.6 Å². The second-order valence-electron chi connectivity index (χ2n) is 4.86. The standard InChI is InChI=1S/C14H15F2N3O2/c1-8(2)17-7-11-13(20)6-14(21)19(18-11)12-4-3-9(15)5-10(12)16/h3-6,8,17,20H,7H2,1-2H3. The number of benzene rings is 1. The topological polar surface area (TPSA) is 67.2 Å². The van der Waals surface area contributed by atoms with Crippen molar-refractivity contribution in [1.29, 1.82) is 0 Å². The van der Waals surface area contributed by atoms with Crippen LogP contribution in [0.3, 0.4) is 0 Å². The average molecular weight is 295 g/mol. The van der Waals surface area contributed by atoms with E-state index in [4.69, 9.17) is 0 Å². The van der Waals surface area contributed by atoms with Crippen molar-refractivity contribution in [2.75, 3.05) is 0 Å². The van der Waals surface area contributed by atoms with Gasteiger partial charge in [0.05, 0.1) is 0 Å². The summed E-state index contributed by atoms with van der Waals surface area (Å²) in [5.74, 6) is -1.92. The number of nitrogens with one attached hydrogen (secondary N) is 1. The van der Waals surface area contributed by atoms with Crippen molar-refractivity contribution in [2.45, 2.75) is 26.4 Å². The van der Waals surface area contributed by atoms with Crippen LogP contribution < -0.4 is 10.9 Å². The normalized spacial score (nSPS) is 11.1. The van der Waals surface area contributed by atoms with Crippen LogP contribution in [0.5, 0.6) is 5.75 Å². The van der Waals surface area contributed by atoms with E-state index in [1.165, 1.54) is 0 Å². The lowest BCUT2D eigenvalue weighted by molar-refractivity contribution is 0.446. The zero-order valence-corrected chi connectivity index (χ0v) is 11.6. The fourth-order valence-electron chi connectivity index (χ4n) is 1.73. The molecular formula is C14H15F2N3O2. The van der Waals surface area contributed by atoms with Crippen LogP contribution in [0.4, 0.5) is 8.78 Å². The molecule has 0 fully saturated rings. The zero-order valence-electron chi connectivity index (χ0n) is 11.6. The van der Waals surface area contributed by atoms with Crippen LogP contribution in [-0.2, 0) is 6.54 Å². The molecule has 21 heavy (non-hydrogen) atoms. The molecule has 2 rings (SSSR count). The maximum atomic E-state index is 13.7. The molecule has 112 valence electrons. The highest BCUT2D eigenvalue weighted by molar-refractivity contribution is 5.34. The minimum absolute atomic E-state index is 0.147. The summed E-state index contributed by atoms with van der Waals surface area (Å²) in [5, 5.41) is 16.7. The number of aromatic hydroxyl groups is 1. The Balaban J connectivity index is 2.48. The highest BCUT2D eigenvalue weighted by Gasteiger charge is 2.13. The van der Waals surface area contributed by atoms with Crippen LogP contribution in [0.15, 0.2) is 29.1 Å². The quantitative estimate of drug-likeness (QED) is 0.901. The maximum Gasteiger partial charge on any atom is 0.275 e. The summed E-state index contributed by atoms with van der Waals surface area (Å²) < 4.78 is 27.5. The van der Waals surface area contributed by atoms with Gasteiger partial charge in [-0.25, -0.2) is 8.78 Å². The molecule has 1 heterocycles. The Morgan fingerprint density at radius 2 is 2.05 bits per heavy atom. The summed E-state index contributed by atoms with van der Waals surface area (Å²) in [4.78, 5) is 11.8. The van der Waals surface area contributed by atoms with Crippen LogP contribution in [-0.4, -0.2) is 20.9 Å². The predicted molar refractivity (Wildman–Crippen MR) is 73.4 cm³/mol. The van der Waals surface area contributed by atoms with E-state index in [2.05, 4.69) is 10.4 Å². The number of hydrogen-bond acceptors (Lipinski definition) is 4. The first-order valence-corrected chi connectivity index (χ1v) is 6.39. The van der Waals surface area contributed by atoms with Gasteiger partial charge >= 0.3 is 0 Å². The maximum absolute atomic E-state index is 13.7. The van der Waals surface area contributed by atoms with Crippen LogP contribution in [0.1, 0.15) is 19.5 Å². The molecule has 2 aromatic rings. The van der Waals surface area contributed by atoms with Gasteiger partial charge in [0.2, 0.25) is 0 Å². The molecule has 0 aliphatic heterocycles. The molecule has 0 radical (unpaired) electrons. The van der Waals surface area contributed by atoms with E-state index in [1.807, 2.05) is 13.8 Å². The third kappa shape index (κ3) is 3.43. The molecule has 1 aromatic heterocycles. The van der Waals surface area contributed by atoms with Gasteiger partial charge in [-0.3, -0.25) is 4.79 Å². The van der Waals surface area contributed by atoms with Gasteiger partial charge in [0, 0.05) is 24.7 Å². The molecule has 2 N–H and O–H groups in total. The second-order valence-corrected chi connectivity index (χ2v) is 4.86. The van der Waals surface area contributed by atoms with E-state index in [1.54, 1.807) is 0 Å². The molecule has 0 aliphatic carbocycles. The van der Waals surface area contributed by atoms with Crippen molar-refractivity contribution in [1.82, 2.24) is 15.1 Å². The largest absolute Gasteiger partial charge is 0.506 e. The summed E-state index contributed by atoms with van der Waals surface area (Å²) in [5.41, 5.74) is -0.675. The van der Waals surface area contributed by atoms with Crippen molar-refractivity contribution >= 4 is 0 Å². The summed E-state index contributed by atoms with van der Waals surface area (Å²) in [6, 6.07) is 3.92. The predicted octanol–water partition coefficient (Wildman–Crippen LogP) is 1.71. The number of halogens is 2. The van der Waals surface area contributed by atoms with Gasteiger partial charge in [0.1, 0.15) is 22.9 Å². The van der Waals surface area contributed by atoms with Crippen molar-refractivity contribution in [3.05, 3.63) is 51.9 Å². The van der Waals surface area contributed by atoms with Gasteiger partial charge < -0.3 is 10.4 Å². The molecule has 0 saturated heterocycles. The van der Waals surface area contributed by atoms with Gasteiger partial charge in [-0.15, -0.1) is 0 Å². The first-order valence-electron chi connectivity index (χ1n) is 6.39. The number of aromatic nitrogens is 2. The van der Waals surface area contributed by atoms with Crippen molar-refractivity contribution < 1.29 is 13.9 Å². The minimum atomic E-state index is -0.905. The molecule has 0 bridgehead atoms. The van der Waals surface area contributed by atoms with Crippen LogP contribution in [0.25, 0.3) is 5.69 Å². The summed E-state index contributed by atoms with van der Waals surface area (Å²) in [7, 11) is 0. The Kier molecular flexibility index (Phi) is 4.32. The van der Waals surface area contributed by atoms with Gasteiger partial charge in [0.15, 0.2) is 5.82 Å². The molecule has 0 amide bonds. The number of nitrogens with zero attached hydrogens (tertiary/aromatic N) is 2. The van der Waals surface area contributed by atoms with Crippen molar-refractivity contribution in [2.24, 2.45) is 0 Å². The SMILES string of the molecule is CC(C)NCc1nn(-c2ccc(F)cc2F)c(=O)cc1O. The molecule has 1 aromatic carbocycles. The van der Waals surface area contributed by atoms with Crippen LogP contribution in [0.2, 0.25) is 0 Å². The van der Waals surface area contributed by atoms with Gasteiger partial charge in [-0.2, -0.15) is 9.78 Å². The summed E-state index contributed by atoms with van der Waals surface area (Å²) in [6.45, 7) is 4.03. The Bertz CT molecular complexity index is 714. The van der Waals surface area contributed by atoms with E-state index < -0.39 is 17.2 Å². The molecule has 0 atom stereocenters. The van der Waals surface area contributed by atoms with E-state index in [-0.39, 0.29) is 29.7 Å². The highest BCUT2D eigenvalue weighted by Crippen LogP contribution is 2.15. The fourth-order valence-corrected chi connectivity index (χ4v) is 1.73. The molecule has 0 aliphatic rings. The van der Waals surface area contributed by atoms with E-state index in [0.29, 0.717) is 6.07 Å². The summed E-state index contributed by atoms with van der Waals surface area (Å²) >= 11 is 0. The third-order valence-corrected chi connectivity index (χ3v) is 2.80. The molecule has 5 nitrogen and oxygen atoms in total. The van der Waals surface area contributed by atoms with Crippen molar-refractivity contribution in [3.8, 4) is 11.4 Å². The molecule has 0 spiro atoms. The summed E-state index contributed by atoms with van der Waals surface area (Å²) in [6.07, 6.45) is 0. The van der Waals surface area contributed by atoms with E-state index in [0.717, 1.165) is 22.9 Å². The molecule has 0 saturated carbocycles. The smallest absolute Gasteiger partial charge is 0.275 e.